The van der Waals surface area contributed by atoms with Crippen LogP contribution >= 0.6 is 0 Å². The number of para-hydroxylation sites is 1. The second-order valence-corrected chi connectivity index (χ2v) is 3.15. The first-order valence-corrected chi connectivity index (χ1v) is 4.96. The number of benzene rings is 1. The van der Waals surface area contributed by atoms with E-state index in [-0.39, 0.29) is 0 Å². The van der Waals surface area contributed by atoms with Crippen molar-refractivity contribution in [2.24, 2.45) is 0 Å². The number of nitrogens with zero attached hydrogens (tertiary/aromatic N) is 2. The summed E-state index contributed by atoms with van der Waals surface area (Å²) in [7, 11) is 0. The fourth-order valence-electron chi connectivity index (χ4n) is 1.23. The van der Waals surface area contributed by atoms with Gasteiger partial charge in [0.2, 0.25) is 0 Å². The lowest BCUT2D eigenvalue weighted by atomic mass is 10.3. The van der Waals surface area contributed by atoms with Gasteiger partial charge in [-0.1, -0.05) is 25.1 Å². The molecule has 0 spiro atoms. The number of nitrogens with one attached hydrogen (secondary N) is 1. The van der Waals surface area contributed by atoms with Crippen LogP contribution in [-0.4, -0.2) is 15.2 Å². The van der Waals surface area contributed by atoms with E-state index in [0.29, 0.717) is 6.61 Å². The Kier molecular flexibility index (Phi) is 2.97. The van der Waals surface area contributed by atoms with Gasteiger partial charge in [0.1, 0.15) is 12.4 Å². The highest BCUT2D eigenvalue weighted by molar-refractivity contribution is 5.20. The van der Waals surface area contributed by atoms with E-state index in [1.165, 1.54) is 0 Å². The summed E-state index contributed by atoms with van der Waals surface area (Å²) in [6, 6.07) is 9.66. The van der Waals surface area contributed by atoms with Gasteiger partial charge in [-0.2, -0.15) is 5.10 Å². The van der Waals surface area contributed by atoms with Gasteiger partial charge < -0.3 is 4.74 Å². The number of aryl methyl sites for hydroxylation is 1. The first-order chi connectivity index (χ1) is 7.38. The molecule has 2 rings (SSSR count). The van der Waals surface area contributed by atoms with E-state index in [2.05, 4.69) is 15.2 Å². The van der Waals surface area contributed by atoms with Crippen LogP contribution in [0.5, 0.6) is 5.75 Å². The van der Waals surface area contributed by atoms with Crippen molar-refractivity contribution in [2.75, 3.05) is 0 Å². The molecule has 0 bridgehead atoms. The molecule has 0 aliphatic heterocycles. The standard InChI is InChI=1S/C11H13N3O/c1-2-10-12-11(14-13-10)8-15-9-6-4-3-5-7-9/h3-7H,2,8H2,1H3,(H,12,13,14). The van der Waals surface area contributed by atoms with Crippen LogP contribution in [0.25, 0.3) is 0 Å². The molecule has 0 aliphatic rings. The summed E-state index contributed by atoms with van der Waals surface area (Å²) in [4.78, 5) is 4.25. The number of aromatic amines is 1. The van der Waals surface area contributed by atoms with Crippen LogP contribution in [0.15, 0.2) is 30.3 Å². The molecule has 0 saturated heterocycles. The number of hydrogen-bond acceptors (Lipinski definition) is 3. The van der Waals surface area contributed by atoms with Gasteiger partial charge in [-0.05, 0) is 12.1 Å². The lowest BCUT2D eigenvalue weighted by Crippen LogP contribution is -1.97. The minimum Gasteiger partial charge on any atom is -0.486 e. The molecule has 0 radical (unpaired) electrons. The van der Waals surface area contributed by atoms with Crippen molar-refractivity contribution < 1.29 is 4.74 Å². The normalized spacial score (nSPS) is 10.2. The van der Waals surface area contributed by atoms with Crippen molar-refractivity contribution in [1.82, 2.24) is 15.2 Å². The highest BCUT2D eigenvalue weighted by Gasteiger charge is 2.01. The zero-order valence-corrected chi connectivity index (χ0v) is 8.60. The van der Waals surface area contributed by atoms with Gasteiger partial charge in [0, 0.05) is 6.42 Å². The summed E-state index contributed by atoms with van der Waals surface area (Å²) in [5, 5.41) is 6.87. The van der Waals surface area contributed by atoms with E-state index in [9.17, 15) is 0 Å². The lowest BCUT2D eigenvalue weighted by molar-refractivity contribution is 0.296. The number of rotatable bonds is 4. The summed E-state index contributed by atoms with van der Waals surface area (Å²) in [5.74, 6) is 2.42. The van der Waals surface area contributed by atoms with Gasteiger partial charge in [0.05, 0.1) is 0 Å². The number of H-pyrrole nitrogens is 1. The summed E-state index contributed by atoms with van der Waals surface area (Å²) >= 11 is 0. The summed E-state index contributed by atoms with van der Waals surface area (Å²) in [5.41, 5.74) is 0. The van der Waals surface area contributed by atoms with E-state index >= 15 is 0 Å². The molecule has 15 heavy (non-hydrogen) atoms. The first-order valence-electron chi connectivity index (χ1n) is 4.96. The Bertz CT molecular complexity index is 411. The second kappa shape index (κ2) is 4.59. The summed E-state index contributed by atoms with van der Waals surface area (Å²) in [6.07, 6.45) is 0.835. The topological polar surface area (TPSA) is 50.8 Å². The van der Waals surface area contributed by atoms with E-state index in [0.717, 1.165) is 23.8 Å². The Hall–Kier alpha value is -1.84. The van der Waals surface area contributed by atoms with Crippen molar-refractivity contribution in [1.29, 1.82) is 0 Å². The average molecular weight is 203 g/mol. The van der Waals surface area contributed by atoms with Gasteiger partial charge >= 0.3 is 0 Å². The number of aromatic nitrogens is 3. The summed E-state index contributed by atoms with van der Waals surface area (Å²) < 4.78 is 5.52. The third-order valence-electron chi connectivity index (χ3n) is 2.01. The molecule has 0 saturated carbocycles. The fraction of sp³-hybridized carbons (Fsp3) is 0.273. The Labute approximate surface area is 88.3 Å². The van der Waals surface area contributed by atoms with E-state index in [1.807, 2.05) is 37.3 Å². The zero-order chi connectivity index (χ0) is 10.5. The van der Waals surface area contributed by atoms with Crippen molar-refractivity contribution in [3.63, 3.8) is 0 Å². The highest BCUT2D eigenvalue weighted by atomic mass is 16.5. The molecule has 4 nitrogen and oxygen atoms in total. The Morgan fingerprint density at radius 3 is 2.73 bits per heavy atom. The lowest BCUT2D eigenvalue weighted by Gasteiger charge is -2.02. The van der Waals surface area contributed by atoms with Crippen LogP contribution in [0.2, 0.25) is 0 Å². The molecule has 2 aromatic rings. The molecule has 1 aromatic heterocycles. The minimum absolute atomic E-state index is 0.428. The third kappa shape index (κ3) is 2.56. The molecular weight excluding hydrogens is 190 g/mol. The largest absolute Gasteiger partial charge is 0.486 e. The highest BCUT2D eigenvalue weighted by Crippen LogP contribution is 2.09. The van der Waals surface area contributed by atoms with Crippen LogP contribution in [0.4, 0.5) is 0 Å². The molecule has 1 N–H and O–H groups in total. The average Bonchev–Trinajstić information content (AvgIpc) is 2.76. The maximum Gasteiger partial charge on any atom is 0.162 e. The minimum atomic E-state index is 0.428. The number of hydrogen-bond donors (Lipinski definition) is 1. The zero-order valence-electron chi connectivity index (χ0n) is 8.60. The predicted molar refractivity (Wildman–Crippen MR) is 56.5 cm³/mol. The van der Waals surface area contributed by atoms with Crippen molar-refractivity contribution in [3.8, 4) is 5.75 Å². The maximum atomic E-state index is 5.52. The molecule has 0 fully saturated rings. The monoisotopic (exact) mass is 203 g/mol. The molecule has 4 heteroatoms. The molecular formula is C11H13N3O. The van der Waals surface area contributed by atoms with Gasteiger partial charge in [0.15, 0.2) is 11.6 Å². The van der Waals surface area contributed by atoms with Gasteiger partial charge in [0.25, 0.3) is 0 Å². The molecule has 0 atom stereocenters. The molecule has 0 aliphatic carbocycles. The van der Waals surface area contributed by atoms with Crippen molar-refractivity contribution in [2.45, 2.75) is 20.0 Å². The smallest absolute Gasteiger partial charge is 0.162 e. The molecule has 1 aromatic carbocycles. The van der Waals surface area contributed by atoms with Gasteiger partial charge in [-0.15, -0.1) is 0 Å². The molecule has 78 valence electrons. The van der Waals surface area contributed by atoms with Crippen LogP contribution in [0, 0.1) is 0 Å². The fourth-order valence-corrected chi connectivity index (χ4v) is 1.23. The predicted octanol–water partition coefficient (Wildman–Crippen LogP) is 1.95. The Morgan fingerprint density at radius 1 is 1.27 bits per heavy atom. The van der Waals surface area contributed by atoms with Crippen LogP contribution in [-0.2, 0) is 13.0 Å². The number of ether oxygens (including phenoxy) is 1. The van der Waals surface area contributed by atoms with Crippen molar-refractivity contribution >= 4 is 0 Å². The maximum absolute atomic E-state index is 5.52. The molecule has 0 amide bonds. The quantitative estimate of drug-likeness (QED) is 0.826. The Morgan fingerprint density at radius 2 is 2.07 bits per heavy atom. The SMILES string of the molecule is CCc1n[nH]c(COc2ccccc2)n1. The van der Waals surface area contributed by atoms with Gasteiger partial charge in [-0.25, -0.2) is 4.98 Å². The van der Waals surface area contributed by atoms with E-state index in [1.54, 1.807) is 0 Å². The van der Waals surface area contributed by atoms with Crippen LogP contribution in [0.3, 0.4) is 0 Å². The third-order valence-corrected chi connectivity index (χ3v) is 2.01. The van der Waals surface area contributed by atoms with E-state index < -0.39 is 0 Å². The Balaban J connectivity index is 1.93. The van der Waals surface area contributed by atoms with E-state index in [4.69, 9.17) is 4.74 Å². The first kappa shape index (κ1) is 9.71. The van der Waals surface area contributed by atoms with Gasteiger partial charge in [-0.3, -0.25) is 5.10 Å². The molecule has 0 unspecified atom stereocenters. The molecule has 1 heterocycles. The van der Waals surface area contributed by atoms with Crippen LogP contribution in [0.1, 0.15) is 18.6 Å². The summed E-state index contributed by atoms with van der Waals surface area (Å²) in [6.45, 7) is 2.45. The second-order valence-electron chi connectivity index (χ2n) is 3.15. The van der Waals surface area contributed by atoms with Crippen molar-refractivity contribution in [3.05, 3.63) is 42.0 Å². The van der Waals surface area contributed by atoms with Crippen LogP contribution < -0.4 is 4.74 Å².